The Kier molecular flexibility index (Phi) is 4.40. The maximum Gasteiger partial charge on any atom is 0.246 e. The molecule has 1 amide bonds. The van der Waals surface area contributed by atoms with Gasteiger partial charge in [0.05, 0.1) is 6.54 Å². The van der Waals surface area contributed by atoms with E-state index in [1.54, 1.807) is 23.5 Å². The van der Waals surface area contributed by atoms with E-state index in [1.165, 1.54) is 4.88 Å². The van der Waals surface area contributed by atoms with Crippen molar-refractivity contribution in [1.29, 1.82) is 0 Å². The molecular formula is C11H15NOS. The van der Waals surface area contributed by atoms with Crippen molar-refractivity contribution in [2.75, 3.05) is 6.54 Å². The Balaban J connectivity index is 2.59. The fourth-order valence-corrected chi connectivity index (χ4v) is 1.90. The highest BCUT2D eigenvalue weighted by atomic mass is 32.1. The lowest BCUT2D eigenvalue weighted by Crippen LogP contribution is -2.28. The lowest BCUT2D eigenvalue weighted by Gasteiger charge is -2.17. The maximum atomic E-state index is 11.5. The summed E-state index contributed by atoms with van der Waals surface area (Å²) < 4.78 is 0. The van der Waals surface area contributed by atoms with Gasteiger partial charge in [-0.25, -0.2) is 0 Å². The topological polar surface area (TPSA) is 20.3 Å². The average Bonchev–Trinajstić information content (AvgIpc) is 2.66. The summed E-state index contributed by atoms with van der Waals surface area (Å²) in [5.41, 5.74) is 0. The van der Waals surface area contributed by atoms with Gasteiger partial charge >= 0.3 is 0 Å². The minimum atomic E-state index is 0.0865. The van der Waals surface area contributed by atoms with Crippen molar-refractivity contribution in [3.05, 3.63) is 34.5 Å². The molecule has 0 radical (unpaired) electrons. The third kappa shape index (κ3) is 3.00. The quantitative estimate of drug-likeness (QED) is 0.698. The number of carbonyl (C=O) groups excluding carboxylic acids is 1. The monoisotopic (exact) mass is 209 g/mol. The van der Waals surface area contributed by atoms with Gasteiger partial charge in [0.15, 0.2) is 0 Å². The van der Waals surface area contributed by atoms with Gasteiger partial charge < -0.3 is 4.90 Å². The van der Waals surface area contributed by atoms with Crippen molar-refractivity contribution < 1.29 is 4.79 Å². The third-order valence-corrected chi connectivity index (χ3v) is 2.79. The normalized spacial score (nSPS) is 10.7. The molecule has 14 heavy (non-hydrogen) atoms. The molecule has 0 fully saturated rings. The van der Waals surface area contributed by atoms with Gasteiger partial charge in [-0.1, -0.05) is 12.1 Å². The second-order valence-electron chi connectivity index (χ2n) is 2.93. The van der Waals surface area contributed by atoms with Gasteiger partial charge in [-0.05, 0) is 31.4 Å². The second-order valence-corrected chi connectivity index (χ2v) is 3.96. The number of amides is 1. The van der Waals surface area contributed by atoms with Crippen molar-refractivity contribution >= 4 is 17.2 Å². The van der Waals surface area contributed by atoms with Crippen LogP contribution in [0.5, 0.6) is 0 Å². The molecule has 0 aliphatic carbocycles. The molecule has 2 nitrogen and oxygen atoms in total. The number of rotatable bonds is 4. The summed E-state index contributed by atoms with van der Waals surface area (Å²) in [5.74, 6) is 0.0865. The Morgan fingerprint density at radius 3 is 2.93 bits per heavy atom. The molecule has 1 rings (SSSR count). The van der Waals surface area contributed by atoms with Crippen LogP contribution in [0.4, 0.5) is 0 Å². The highest BCUT2D eigenvalue weighted by Crippen LogP contribution is 2.11. The summed E-state index contributed by atoms with van der Waals surface area (Å²) in [5, 5.41) is 2.03. The van der Waals surface area contributed by atoms with Crippen LogP contribution >= 0.6 is 11.3 Å². The summed E-state index contributed by atoms with van der Waals surface area (Å²) in [6, 6.07) is 4.06. The molecule has 3 heteroatoms. The van der Waals surface area contributed by atoms with Crippen LogP contribution < -0.4 is 0 Å². The van der Waals surface area contributed by atoms with E-state index in [4.69, 9.17) is 0 Å². The van der Waals surface area contributed by atoms with Gasteiger partial charge in [0.25, 0.3) is 0 Å². The standard InChI is InChI=1S/C11H15NOS/c1-3-6-11(13)12(4-2)9-10-7-5-8-14-10/h3,5-8H,4,9H2,1-2H3/b6-3+. The van der Waals surface area contributed by atoms with Gasteiger partial charge in [0.1, 0.15) is 0 Å². The number of nitrogens with zero attached hydrogens (tertiary/aromatic N) is 1. The third-order valence-electron chi connectivity index (χ3n) is 1.93. The number of hydrogen-bond acceptors (Lipinski definition) is 2. The van der Waals surface area contributed by atoms with Crippen LogP contribution in [0.3, 0.4) is 0 Å². The summed E-state index contributed by atoms with van der Waals surface area (Å²) in [6.45, 7) is 5.32. The van der Waals surface area contributed by atoms with Crippen LogP contribution in [-0.4, -0.2) is 17.4 Å². The first-order chi connectivity index (χ1) is 6.77. The van der Waals surface area contributed by atoms with E-state index in [0.717, 1.165) is 13.1 Å². The molecule has 0 bridgehead atoms. The molecule has 0 aromatic carbocycles. The fraction of sp³-hybridized carbons (Fsp3) is 0.364. The molecule has 0 aliphatic heterocycles. The van der Waals surface area contributed by atoms with Gasteiger partial charge in [-0.15, -0.1) is 11.3 Å². The van der Waals surface area contributed by atoms with Gasteiger partial charge in [0, 0.05) is 11.4 Å². The lowest BCUT2D eigenvalue weighted by atomic mass is 10.3. The van der Waals surface area contributed by atoms with E-state index in [9.17, 15) is 4.79 Å². The van der Waals surface area contributed by atoms with Gasteiger partial charge in [-0.3, -0.25) is 4.79 Å². The van der Waals surface area contributed by atoms with E-state index >= 15 is 0 Å². The van der Waals surface area contributed by atoms with Crippen molar-refractivity contribution in [1.82, 2.24) is 4.90 Å². The highest BCUT2D eigenvalue weighted by molar-refractivity contribution is 7.09. The van der Waals surface area contributed by atoms with E-state index in [0.29, 0.717) is 0 Å². The summed E-state index contributed by atoms with van der Waals surface area (Å²) in [6.07, 6.45) is 3.39. The van der Waals surface area contributed by atoms with Crippen LogP contribution in [0.15, 0.2) is 29.7 Å². The summed E-state index contributed by atoms with van der Waals surface area (Å²) in [4.78, 5) is 14.6. The Bertz CT molecular complexity index is 303. The SMILES string of the molecule is C/C=C/C(=O)N(CC)Cc1cccs1. The molecule has 0 atom stereocenters. The first-order valence-corrected chi connectivity index (χ1v) is 5.60. The maximum absolute atomic E-state index is 11.5. The van der Waals surface area contributed by atoms with Gasteiger partial charge in [0.2, 0.25) is 5.91 Å². The van der Waals surface area contributed by atoms with Gasteiger partial charge in [-0.2, -0.15) is 0 Å². The molecule has 0 unspecified atom stereocenters. The molecule has 1 heterocycles. The smallest absolute Gasteiger partial charge is 0.246 e. The minimum Gasteiger partial charge on any atom is -0.334 e. The van der Waals surface area contributed by atoms with Crippen molar-refractivity contribution in [3.8, 4) is 0 Å². The average molecular weight is 209 g/mol. The molecule has 0 saturated carbocycles. The number of carbonyl (C=O) groups is 1. The van der Waals surface area contributed by atoms with Crippen molar-refractivity contribution in [2.45, 2.75) is 20.4 Å². The van der Waals surface area contributed by atoms with Crippen LogP contribution in [0.25, 0.3) is 0 Å². The van der Waals surface area contributed by atoms with E-state index in [-0.39, 0.29) is 5.91 Å². The molecule has 0 saturated heterocycles. The fourth-order valence-electron chi connectivity index (χ4n) is 1.18. The molecule has 0 aliphatic rings. The summed E-state index contributed by atoms with van der Waals surface area (Å²) in [7, 11) is 0. The molecule has 0 N–H and O–H groups in total. The zero-order valence-corrected chi connectivity index (χ0v) is 9.38. The Hall–Kier alpha value is -1.09. The number of allylic oxidation sites excluding steroid dienone is 1. The zero-order valence-electron chi connectivity index (χ0n) is 8.56. The highest BCUT2D eigenvalue weighted by Gasteiger charge is 2.08. The predicted molar refractivity (Wildman–Crippen MR) is 60.2 cm³/mol. The van der Waals surface area contributed by atoms with Crippen LogP contribution in [0, 0.1) is 0 Å². The second kappa shape index (κ2) is 5.60. The Morgan fingerprint density at radius 1 is 1.64 bits per heavy atom. The first-order valence-electron chi connectivity index (χ1n) is 4.72. The van der Waals surface area contributed by atoms with Crippen molar-refractivity contribution in [2.24, 2.45) is 0 Å². The van der Waals surface area contributed by atoms with E-state index in [2.05, 4.69) is 6.07 Å². The number of thiophene rings is 1. The summed E-state index contributed by atoms with van der Waals surface area (Å²) >= 11 is 1.68. The van der Waals surface area contributed by atoms with E-state index < -0.39 is 0 Å². The number of likely N-dealkylation sites (N-methyl/N-ethyl adjacent to an activating group) is 1. The van der Waals surface area contributed by atoms with E-state index in [1.807, 2.05) is 30.2 Å². The molecule has 0 spiro atoms. The Labute approximate surface area is 88.9 Å². The largest absolute Gasteiger partial charge is 0.334 e. The first kappa shape index (κ1) is 11.0. The predicted octanol–water partition coefficient (Wildman–Crippen LogP) is 2.67. The number of hydrogen-bond donors (Lipinski definition) is 0. The minimum absolute atomic E-state index is 0.0865. The van der Waals surface area contributed by atoms with Crippen LogP contribution in [0.2, 0.25) is 0 Å². The van der Waals surface area contributed by atoms with Crippen LogP contribution in [-0.2, 0) is 11.3 Å². The lowest BCUT2D eigenvalue weighted by molar-refractivity contribution is -0.126. The Morgan fingerprint density at radius 2 is 2.43 bits per heavy atom. The van der Waals surface area contributed by atoms with Crippen LogP contribution in [0.1, 0.15) is 18.7 Å². The molecule has 76 valence electrons. The molecular weight excluding hydrogens is 194 g/mol. The van der Waals surface area contributed by atoms with Crippen molar-refractivity contribution in [3.63, 3.8) is 0 Å². The molecule has 1 aromatic rings. The zero-order chi connectivity index (χ0) is 10.4. The molecule has 1 aromatic heterocycles.